The van der Waals surface area contributed by atoms with Crippen molar-refractivity contribution < 1.29 is 0 Å². The zero-order chi connectivity index (χ0) is 10.4. The van der Waals surface area contributed by atoms with Crippen LogP contribution in [0.4, 0.5) is 0 Å². The van der Waals surface area contributed by atoms with Gasteiger partial charge >= 0.3 is 0 Å². The molecular formula is C10H18N2S2. The Bertz CT molecular complexity index is 239. The van der Waals surface area contributed by atoms with Crippen LogP contribution in [0.5, 0.6) is 0 Å². The van der Waals surface area contributed by atoms with Gasteiger partial charge in [-0.25, -0.2) is 4.98 Å². The molecule has 0 spiro atoms. The van der Waals surface area contributed by atoms with Crippen molar-refractivity contribution in [2.75, 3.05) is 12.3 Å². The summed E-state index contributed by atoms with van der Waals surface area (Å²) in [6, 6.07) is 0. The molecule has 0 aliphatic heterocycles. The molecule has 0 bridgehead atoms. The average Bonchev–Trinajstić information content (AvgIpc) is 2.54. The first kappa shape index (κ1) is 12.0. The van der Waals surface area contributed by atoms with Crippen LogP contribution in [-0.2, 0) is 0 Å². The van der Waals surface area contributed by atoms with Gasteiger partial charge in [-0.1, -0.05) is 11.8 Å². The van der Waals surface area contributed by atoms with Crippen LogP contribution in [0.3, 0.4) is 0 Å². The molecule has 14 heavy (non-hydrogen) atoms. The molecule has 0 unspecified atom stereocenters. The van der Waals surface area contributed by atoms with Crippen LogP contribution in [0, 0.1) is 0 Å². The van der Waals surface area contributed by atoms with Crippen molar-refractivity contribution >= 4 is 23.1 Å². The van der Waals surface area contributed by atoms with Gasteiger partial charge in [-0.15, -0.1) is 11.3 Å². The second-order valence-corrected chi connectivity index (χ2v) is 6.41. The first-order chi connectivity index (χ1) is 6.58. The molecule has 80 valence electrons. The Morgan fingerprint density at radius 2 is 2.29 bits per heavy atom. The monoisotopic (exact) mass is 230 g/mol. The van der Waals surface area contributed by atoms with Crippen molar-refractivity contribution in [1.29, 1.82) is 0 Å². The second-order valence-electron chi connectivity index (χ2n) is 4.18. The molecule has 0 radical (unpaired) electrons. The Morgan fingerprint density at radius 1 is 1.50 bits per heavy atom. The fourth-order valence-corrected chi connectivity index (χ4v) is 2.62. The summed E-state index contributed by atoms with van der Waals surface area (Å²) in [6.07, 6.45) is 3.06. The molecule has 1 heterocycles. The third-order valence-corrected chi connectivity index (χ3v) is 3.66. The number of nitrogens with one attached hydrogen (secondary N) is 1. The SMILES string of the molecule is CC(C)(C)NCCCSc1nccs1. The molecule has 1 N–H and O–H groups in total. The maximum absolute atomic E-state index is 4.22. The Balaban J connectivity index is 2.00. The van der Waals surface area contributed by atoms with E-state index in [4.69, 9.17) is 0 Å². The minimum Gasteiger partial charge on any atom is -0.312 e. The lowest BCUT2D eigenvalue weighted by Crippen LogP contribution is -2.36. The van der Waals surface area contributed by atoms with Gasteiger partial charge in [0.05, 0.1) is 0 Å². The standard InChI is InChI=1S/C10H18N2S2/c1-10(2,3)12-5-4-7-13-9-11-6-8-14-9/h6,8,12H,4-5,7H2,1-3H3. The highest BCUT2D eigenvalue weighted by molar-refractivity contribution is 8.00. The molecule has 0 aliphatic carbocycles. The number of nitrogens with zero attached hydrogens (tertiary/aromatic N) is 1. The molecule has 0 fully saturated rings. The quantitative estimate of drug-likeness (QED) is 0.622. The molecule has 1 rings (SSSR count). The van der Waals surface area contributed by atoms with Crippen molar-refractivity contribution in [2.24, 2.45) is 0 Å². The number of hydrogen-bond donors (Lipinski definition) is 1. The predicted octanol–water partition coefficient (Wildman–Crippen LogP) is 3.01. The summed E-state index contributed by atoms with van der Waals surface area (Å²) in [5.74, 6) is 1.15. The number of thiazole rings is 1. The average molecular weight is 230 g/mol. The van der Waals surface area contributed by atoms with Gasteiger partial charge in [0.15, 0.2) is 0 Å². The Kier molecular flexibility index (Phi) is 4.92. The fourth-order valence-electron chi connectivity index (χ4n) is 0.977. The molecule has 0 atom stereocenters. The van der Waals surface area contributed by atoms with Crippen molar-refractivity contribution in [3.05, 3.63) is 11.6 Å². The molecule has 0 aliphatic rings. The first-order valence-electron chi connectivity index (χ1n) is 4.85. The Hall–Kier alpha value is -0.0600. The van der Waals surface area contributed by atoms with E-state index < -0.39 is 0 Å². The van der Waals surface area contributed by atoms with Gasteiger partial charge in [-0.3, -0.25) is 0 Å². The predicted molar refractivity (Wildman–Crippen MR) is 65.2 cm³/mol. The summed E-state index contributed by atoms with van der Waals surface area (Å²) < 4.78 is 1.18. The molecular weight excluding hydrogens is 212 g/mol. The number of aromatic nitrogens is 1. The van der Waals surface area contributed by atoms with Gasteiger partial charge in [-0.05, 0) is 33.7 Å². The van der Waals surface area contributed by atoms with Crippen molar-refractivity contribution in [2.45, 2.75) is 37.1 Å². The van der Waals surface area contributed by atoms with Crippen LogP contribution < -0.4 is 5.32 Å². The molecule has 1 aromatic heterocycles. The smallest absolute Gasteiger partial charge is 0.149 e. The molecule has 0 saturated carbocycles. The third kappa shape index (κ3) is 5.62. The van der Waals surface area contributed by atoms with Crippen LogP contribution >= 0.6 is 23.1 Å². The zero-order valence-corrected chi connectivity index (χ0v) is 10.7. The van der Waals surface area contributed by atoms with E-state index in [1.807, 2.05) is 23.3 Å². The van der Waals surface area contributed by atoms with Crippen LogP contribution in [0.25, 0.3) is 0 Å². The van der Waals surface area contributed by atoms with Crippen LogP contribution in [-0.4, -0.2) is 22.8 Å². The molecule has 1 aromatic rings. The highest BCUT2D eigenvalue weighted by Crippen LogP contribution is 2.20. The maximum Gasteiger partial charge on any atom is 0.149 e. The summed E-state index contributed by atoms with van der Waals surface area (Å²) >= 11 is 3.56. The van der Waals surface area contributed by atoms with Crippen molar-refractivity contribution in [1.82, 2.24) is 10.3 Å². The topological polar surface area (TPSA) is 24.9 Å². The van der Waals surface area contributed by atoms with E-state index in [9.17, 15) is 0 Å². The van der Waals surface area contributed by atoms with E-state index in [1.165, 1.54) is 10.8 Å². The number of thioether (sulfide) groups is 1. The summed E-state index contributed by atoms with van der Waals surface area (Å²) in [7, 11) is 0. The Morgan fingerprint density at radius 3 is 2.86 bits per heavy atom. The van der Waals surface area contributed by atoms with E-state index in [2.05, 4.69) is 31.1 Å². The minimum absolute atomic E-state index is 0.242. The summed E-state index contributed by atoms with van der Waals surface area (Å²) in [5.41, 5.74) is 0.242. The van der Waals surface area contributed by atoms with Crippen LogP contribution in [0.2, 0.25) is 0 Å². The maximum atomic E-state index is 4.22. The molecule has 0 saturated heterocycles. The van der Waals surface area contributed by atoms with E-state index >= 15 is 0 Å². The van der Waals surface area contributed by atoms with E-state index in [1.54, 1.807) is 11.3 Å². The van der Waals surface area contributed by atoms with E-state index in [-0.39, 0.29) is 5.54 Å². The largest absolute Gasteiger partial charge is 0.312 e. The molecule has 4 heteroatoms. The van der Waals surface area contributed by atoms with E-state index in [0.717, 1.165) is 12.3 Å². The number of hydrogen-bond acceptors (Lipinski definition) is 4. The lowest BCUT2D eigenvalue weighted by atomic mass is 10.1. The van der Waals surface area contributed by atoms with Crippen LogP contribution in [0.1, 0.15) is 27.2 Å². The van der Waals surface area contributed by atoms with Crippen molar-refractivity contribution in [3.63, 3.8) is 0 Å². The zero-order valence-electron chi connectivity index (χ0n) is 9.04. The summed E-state index contributed by atoms with van der Waals surface area (Å²) in [5, 5.41) is 5.50. The third-order valence-electron chi connectivity index (χ3n) is 1.61. The normalized spacial score (nSPS) is 11.9. The lowest BCUT2D eigenvalue weighted by molar-refractivity contribution is 0.427. The number of rotatable bonds is 5. The summed E-state index contributed by atoms with van der Waals surface area (Å²) in [4.78, 5) is 4.22. The molecule has 0 amide bonds. The van der Waals surface area contributed by atoms with Gasteiger partial charge in [-0.2, -0.15) is 0 Å². The summed E-state index contributed by atoms with van der Waals surface area (Å²) in [6.45, 7) is 7.67. The Labute approximate surface area is 94.5 Å². The lowest BCUT2D eigenvalue weighted by Gasteiger charge is -2.20. The van der Waals surface area contributed by atoms with Gasteiger partial charge < -0.3 is 5.32 Å². The first-order valence-corrected chi connectivity index (χ1v) is 6.72. The highest BCUT2D eigenvalue weighted by atomic mass is 32.2. The van der Waals surface area contributed by atoms with Crippen LogP contribution in [0.15, 0.2) is 15.9 Å². The minimum atomic E-state index is 0.242. The van der Waals surface area contributed by atoms with Gasteiger partial charge in [0, 0.05) is 22.9 Å². The molecule has 2 nitrogen and oxygen atoms in total. The van der Waals surface area contributed by atoms with Gasteiger partial charge in [0.2, 0.25) is 0 Å². The fraction of sp³-hybridized carbons (Fsp3) is 0.700. The van der Waals surface area contributed by atoms with Crippen molar-refractivity contribution in [3.8, 4) is 0 Å². The molecule has 0 aromatic carbocycles. The van der Waals surface area contributed by atoms with E-state index in [0.29, 0.717) is 0 Å². The highest BCUT2D eigenvalue weighted by Gasteiger charge is 2.07. The second kappa shape index (κ2) is 5.73. The van der Waals surface area contributed by atoms with Gasteiger partial charge in [0.25, 0.3) is 0 Å². The van der Waals surface area contributed by atoms with Gasteiger partial charge in [0.1, 0.15) is 4.34 Å².